The predicted octanol–water partition coefficient (Wildman–Crippen LogP) is 3.34. The van der Waals surface area contributed by atoms with Gasteiger partial charge >= 0.3 is 0 Å². The minimum Gasteiger partial charge on any atom is -0.350 e. The molecule has 0 saturated heterocycles. The number of carbonyl (C=O) groups excluding carboxylic acids is 1. The highest BCUT2D eigenvalue weighted by molar-refractivity contribution is 8.00. The number of nitrogens with one attached hydrogen (secondary N) is 1. The summed E-state index contributed by atoms with van der Waals surface area (Å²) in [6, 6.07) is 3.97. The van der Waals surface area contributed by atoms with Crippen LogP contribution >= 0.6 is 34.4 Å². The van der Waals surface area contributed by atoms with Gasteiger partial charge in [0.25, 0.3) is 5.56 Å². The maximum atomic E-state index is 12.8. The number of fused-ring (bicyclic) bond motifs is 3. The third-order valence-corrected chi connectivity index (χ3v) is 7.78. The van der Waals surface area contributed by atoms with E-state index in [2.05, 4.69) is 5.32 Å². The lowest BCUT2D eigenvalue weighted by molar-refractivity contribution is -0.120. The maximum absolute atomic E-state index is 12.8. The number of thioether (sulfide) groups is 1. The van der Waals surface area contributed by atoms with Gasteiger partial charge in [-0.15, -0.1) is 22.7 Å². The summed E-state index contributed by atoms with van der Waals surface area (Å²) in [7, 11) is 1.74. The number of aromatic nitrogens is 2. The fourth-order valence-electron chi connectivity index (χ4n) is 3.15. The van der Waals surface area contributed by atoms with Crippen molar-refractivity contribution in [1.82, 2.24) is 14.9 Å². The Bertz CT molecular complexity index is 1020. The summed E-state index contributed by atoms with van der Waals surface area (Å²) in [4.78, 5) is 33.1. The molecule has 1 N–H and O–H groups in total. The lowest BCUT2D eigenvalue weighted by Gasteiger charge is -2.13. The fraction of sp³-hybridized carbons (Fsp3) is 0.389. The Hall–Kier alpha value is -1.64. The molecular weight excluding hydrogens is 386 g/mol. The van der Waals surface area contributed by atoms with Crippen LogP contribution in [0.5, 0.6) is 0 Å². The molecule has 3 heterocycles. The number of hydrogen-bond donors (Lipinski definition) is 1. The topological polar surface area (TPSA) is 64.0 Å². The van der Waals surface area contributed by atoms with Crippen LogP contribution in [0.1, 0.15) is 28.7 Å². The van der Waals surface area contributed by atoms with Crippen LogP contribution in [-0.2, 0) is 31.2 Å². The van der Waals surface area contributed by atoms with Crippen LogP contribution in [0.3, 0.4) is 0 Å². The second-order valence-electron chi connectivity index (χ2n) is 6.35. The Morgan fingerprint density at radius 3 is 3.08 bits per heavy atom. The highest BCUT2D eigenvalue weighted by Crippen LogP contribution is 2.35. The van der Waals surface area contributed by atoms with Crippen molar-refractivity contribution in [2.24, 2.45) is 7.05 Å². The number of aryl methyl sites for hydroxylation is 2. The molecule has 3 aromatic rings. The first-order chi connectivity index (χ1) is 12.5. The van der Waals surface area contributed by atoms with Gasteiger partial charge in [-0.1, -0.05) is 17.8 Å². The third kappa shape index (κ3) is 3.21. The molecule has 0 aliphatic heterocycles. The lowest BCUT2D eigenvalue weighted by Crippen LogP contribution is -2.31. The lowest BCUT2D eigenvalue weighted by atomic mass is 10.2. The van der Waals surface area contributed by atoms with E-state index in [9.17, 15) is 9.59 Å². The first kappa shape index (κ1) is 17.8. The van der Waals surface area contributed by atoms with Crippen molar-refractivity contribution in [3.8, 4) is 0 Å². The molecule has 3 aromatic heterocycles. The molecule has 0 fully saturated rings. The Balaban J connectivity index is 1.54. The van der Waals surface area contributed by atoms with Gasteiger partial charge in [0, 0.05) is 16.8 Å². The zero-order chi connectivity index (χ0) is 18.3. The molecule has 0 aromatic carbocycles. The first-order valence-corrected chi connectivity index (χ1v) is 11.1. The van der Waals surface area contributed by atoms with Gasteiger partial charge in [-0.2, -0.15) is 0 Å². The Morgan fingerprint density at radius 1 is 1.46 bits per heavy atom. The van der Waals surface area contributed by atoms with Crippen molar-refractivity contribution in [2.45, 2.75) is 43.1 Å². The minimum absolute atomic E-state index is 0.00286. The molecule has 0 spiro atoms. The molecule has 0 unspecified atom stereocenters. The SMILES string of the molecule is C[C@@H](Sc1nc2sc3c(c2c(=O)n1C)CCC3)C(=O)NCc1cccs1. The van der Waals surface area contributed by atoms with E-state index in [1.165, 1.54) is 22.2 Å². The van der Waals surface area contributed by atoms with Gasteiger partial charge in [0.2, 0.25) is 5.91 Å². The highest BCUT2D eigenvalue weighted by atomic mass is 32.2. The molecule has 136 valence electrons. The molecule has 1 amide bonds. The molecule has 8 heteroatoms. The molecule has 0 radical (unpaired) electrons. The van der Waals surface area contributed by atoms with Gasteiger partial charge in [-0.3, -0.25) is 14.2 Å². The number of rotatable bonds is 5. The zero-order valence-electron chi connectivity index (χ0n) is 14.6. The van der Waals surface area contributed by atoms with E-state index in [0.29, 0.717) is 11.7 Å². The second kappa shape index (κ2) is 7.17. The summed E-state index contributed by atoms with van der Waals surface area (Å²) < 4.78 is 1.58. The van der Waals surface area contributed by atoms with E-state index >= 15 is 0 Å². The van der Waals surface area contributed by atoms with E-state index in [1.54, 1.807) is 34.3 Å². The van der Waals surface area contributed by atoms with E-state index in [-0.39, 0.29) is 16.7 Å². The monoisotopic (exact) mass is 405 g/mol. The van der Waals surface area contributed by atoms with Crippen LogP contribution in [0.2, 0.25) is 0 Å². The smallest absolute Gasteiger partial charge is 0.262 e. The van der Waals surface area contributed by atoms with Crippen molar-refractivity contribution >= 4 is 50.6 Å². The number of nitrogens with zero attached hydrogens (tertiary/aromatic N) is 2. The van der Waals surface area contributed by atoms with Crippen molar-refractivity contribution in [1.29, 1.82) is 0 Å². The number of amides is 1. The fourth-order valence-corrected chi connectivity index (χ4v) is 6.00. The molecule has 5 nitrogen and oxygen atoms in total. The van der Waals surface area contributed by atoms with Crippen LogP contribution in [-0.4, -0.2) is 20.7 Å². The van der Waals surface area contributed by atoms with Crippen LogP contribution in [0.4, 0.5) is 0 Å². The Labute approximate surface area is 163 Å². The molecule has 1 aliphatic rings. The Morgan fingerprint density at radius 2 is 2.31 bits per heavy atom. The number of carbonyl (C=O) groups is 1. The van der Waals surface area contributed by atoms with Gasteiger partial charge in [-0.05, 0) is 43.2 Å². The first-order valence-electron chi connectivity index (χ1n) is 8.52. The second-order valence-corrected chi connectivity index (χ2v) is 9.78. The quantitative estimate of drug-likeness (QED) is 0.522. The normalized spacial score (nSPS) is 14.5. The van der Waals surface area contributed by atoms with Crippen LogP contribution in [0.25, 0.3) is 10.2 Å². The van der Waals surface area contributed by atoms with E-state index in [0.717, 1.165) is 34.4 Å². The number of thiophene rings is 2. The van der Waals surface area contributed by atoms with Crippen LogP contribution < -0.4 is 10.9 Å². The summed E-state index contributed by atoms with van der Waals surface area (Å²) in [5, 5.41) is 6.00. The molecule has 0 saturated carbocycles. The summed E-state index contributed by atoms with van der Waals surface area (Å²) >= 11 is 4.59. The van der Waals surface area contributed by atoms with Gasteiger partial charge in [-0.25, -0.2) is 4.98 Å². The zero-order valence-corrected chi connectivity index (χ0v) is 17.0. The molecule has 0 bridgehead atoms. The van der Waals surface area contributed by atoms with Gasteiger partial charge < -0.3 is 5.32 Å². The maximum Gasteiger partial charge on any atom is 0.262 e. The molecule has 1 aliphatic carbocycles. The van der Waals surface area contributed by atoms with Crippen molar-refractivity contribution < 1.29 is 4.79 Å². The van der Waals surface area contributed by atoms with Crippen molar-refractivity contribution in [3.05, 3.63) is 43.2 Å². The van der Waals surface area contributed by atoms with Gasteiger partial charge in [0.15, 0.2) is 5.16 Å². The van der Waals surface area contributed by atoms with E-state index < -0.39 is 0 Å². The number of hydrogen-bond acceptors (Lipinski definition) is 6. The van der Waals surface area contributed by atoms with E-state index in [1.807, 2.05) is 24.4 Å². The highest BCUT2D eigenvalue weighted by Gasteiger charge is 2.24. The molecule has 4 rings (SSSR count). The van der Waals surface area contributed by atoms with E-state index in [4.69, 9.17) is 4.98 Å². The van der Waals surface area contributed by atoms with Crippen molar-refractivity contribution in [2.75, 3.05) is 0 Å². The van der Waals surface area contributed by atoms with Crippen LogP contribution in [0, 0.1) is 0 Å². The minimum atomic E-state index is -0.322. The summed E-state index contributed by atoms with van der Waals surface area (Å²) in [6.45, 7) is 2.38. The predicted molar refractivity (Wildman–Crippen MR) is 108 cm³/mol. The largest absolute Gasteiger partial charge is 0.350 e. The standard InChI is InChI=1S/C18H19N3O2S3/c1-10(15(22)19-9-11-5-4-8-24-11)25-18-20-16-14(17(23)21(18)2)12-6-3-7-13(12)26-16/h4-5,8,10H,3,6-7,9H2,1-2H3,(H,19,22)/t10-/m1/s1. The summed E-state index contributed by atoms with van der Waals surface area (Å²) in [5.41, 5.74) is 1.19. The van der Waals surface area contributed by atoms with Gasteiger partial charge in [0.05, 0.1) is 17.2 Å². The Kier molecular flexibility index (Phi) is 4.90. The average Bonchev–Trinajstić information content (AvgIpc) is 3.34. The van der Waals surface area contributed by atoms with Gasteiger partial charge in [0.1, 0.15) is 4.83 Å². The summed E-state index contributed by atoms with van der Waals surface area (Å²) in [5.74, 6) is -0.0496. The average molecular weight is 406 g/mol. The van der Waals surface area contributed by atoms with Crippen molar-refractivity contribution in [3.63, 3.8) is 0 Å². The summed E-state index contributed by atoms with van der Waals surface area (Å²) in [6.07, 6.45) is 3.14. The molecule has 26 heavy (non-hydrogen) atoms. The molecule has 1 atom stereocenters. The third-order valence-electron chi connectivity index (χ3n) is 4.57. The molecular formula is C18H19N3O2S3. The van der Waals surface area contributed by atoms with Crippen LogP contribution in [0.15, 0.2) is 27.5 Å².